The number of likely N-dealkylation sites (tertiary alicyclic amines) is 1. The Labute approximate surface area is 261 Å². The van der Waals surface area contributed by atoms with E-state index in [1.54, 1.807) is 12.0 Å². The van der Waals surface area contributed by atoms with E-state index < -0.39 is 11.5 Å². The summed E-state index contributed by atoms with van der Waals surface area (Å²) in [7, 11) is 1.72. The molecule has 44 heavy (non-hydrogen) atoms. The van der Waals surface area contributed by atoms with Crippen LogP contribution in [0.4, 0.5) is 10.5 Å². The van der Waals surface area contributed by atoms with E-state index in [4.69, 9.17) is 9.47 Å². The Balaban J connectivity index is 1.48. The number of rotatable bonds is 9. The molecular formula is C37H45N3O4. The van der Waals surface area contributed by atoms with Crippen LogP contribution < -0.4 is 4.90 Å². The lowest BCUT2D eigenvalue weighted by molar-refractivity contribution is -0.124. The minimum Gasteiger partial charge on any atom is -0.444 e. The predicted molar refractivity (Wildman–Crippen MR) is 177 cm³/mol. The first-order valence-electron chi connectivity index (χ1n) is 15.7. The molecule has 2 atom stereocenters. The Hall–Kier alpha value is -4.10. The fourth-order valence-corrected chi connectivity index (χ4v) is 6.25. The normalized spacial score (nSPS) is 17.1. The highest BCUT2D eigenvalue weighted by atomic mass is 16.6. The number of methoxy groups -OCH3 is 1. The van der Waals surface area contributed by atoms with Gasteiger partial charge in [0.15, 0.2) is 0 Å². The van der Waals surface area contributed by atoms with Crippen LogP contribution in [0.25, 0.3) is 22.0 Å². The lowest BCUT2D eigenvalue weighted by Gasteiger charge is -2.40. The summed E-state index contributed by atoms with van der Waals surface area (Å²) in [5, 5.41) is 1.14. The molecule has 0 bridgehead atoms. The smallest absolute Gasteiger partial charge is 0.410 e. The van der Waals surface area contributed by atoms with Gasteiger partial charge in [-0.2, -0.15) is 0 Å². The van der Waals surface area contributed by atoms with E-state index >= 15 is 0 Å². The number of hydrogen-bond acceptors (Lipinski definition) is 4. The molecule has 7 heteroatoms. The molecule has 0 unspecified atom stereocenters. The molecule has 0 saturated carbocycles. The van der Waals surface area contributed by atoms with Crippen molar-refractivity contribution in [2.45, 2.75) is 58.6 Å². The van der Waals surface area contributed by atoms with Crippen LogP contribution in [0.15, 0.2) is 85.1 Å². The molecule has 7 nitrogen and oxygen atoms in total. The monoisotopic (exact) mass is 595 g/mol. The third kappa shape index (κ3) is 7.16. The molecule has 1 fully saturated rings. The minimum atomic E-state index is -0.611. The van der Waals surface area contributed by atoms with Crippen molar-refractivity contribution in [3.63, 3.8) is 0 Å². The summed E-state index contributed by atoms with van der Waals surface area (Å²) in [5.74, 6) is -0.445. The molecule has 0 N–H and O–H groups in total. The summed E-state index contributed by atoms with van der Waals surface area (Å²) < 4.78 is 13.2. The fourth-order valence-electron chi connectivity index (χ4n) is 6.25. The zero-order valence-electron chi connectivity index (χ0n) is 26.7. The maximum absolute atomic E-state index is 14.6. The number of fused-ring (bicyclic) bond motifs is 1. The van der Waals surface area contributed by atoms with E-state index in [1.807, 2.05) is 56.9 Å². The van der Waals surface area contributed by atoms with E-state index in [0.29, 0.717) is 32.7 Å². The second-order valence-corrected chi connectivity index (χ2v) is 12.6. The number of benzene rings is 3. The average Bonchev–Trinajstić information content (AvgIpc) is 3.43. The van der Waals surface area contributed by atoms with E-state index in [1.165, 1.54) is 0 Å². The van der Waals surface area contributed by atoms with Crippen LogP contribution in [0, 0.1) is 5.92 Å². The number of carbonyl (C=O) groups is 2. The van der Waals surface area contributed by atoms with Gasteiger partial charge in [-0.25, -0.2) is 4.79 Å². The molecule has 0 radical (unpaired) electrons. The second kappa shape index (κ2) is 13.7. The van der Waals surface area contributed by atoms with E-state index in [-0.39, 0.29) is 17.9 Å². The summed E-state index contributed by atoms with van der Waals surface area (Å²) in [5.41, 5.74) is 4.72. The molecule has 232 valence electrons. The van der Waals surface area contributed by atoms with Crippen LogP contribution >= 0.6 is 0 Å². The molecule has 1 saturated heterocycles. The Morgan fingerprint density at radius 3 is 2.45 bits per heavy atom. The Morgan fingerprint density at radius 1 is 0.955 bits per heavy atom. The molecule has 1 aromatic heterocycles. The van der Waals surface area contributed by atoms with Crippen molar-refractivity contribution in [3.05, 3.63) is 90.6 Å². The first kappa shape index (κ1) is 31.3. The molecule has 1 aliphatic rings. The number of ether oxygens (including phenoxy) is 2. The molecule has 0 aliphatic carbocycles. The molecular weight excluding hydrogens is 550 g/mol. The largest absolute Gasteiger partial charge is 0.444 e. The molecule has 2 heterocycles. The van der Waals surface area contributed by atoms with Crippen LogP contribution in [0.5, 0.6) is 0 Å². The highest BCUT2D eigenvalue weighted by Crippen LogP contribution is 2.38. The van der Waals surface area contributed by atoms with E-state index in [2.05, 4.69) is 65.4 Å². The topological polar surface area (TPSA) is 64.0 Å². The van der Waals surface area contributed by atoms with Crippen molar-refractivity contribution in [2.24, 2.45) is 5.92 Å². The number of piperidine rings is 1. The molecule has 4 aromatic rings. The van der Waals surface area contributed by atoms with E-state index in [9.17, 15) is 9.59 Å². The van der Waals surface area contributed by atoms with Crippen molar-refractivity contribution in [2.75, 3.05) is 38.3 Å². The van der Waals surface area contributed by atoms with Crippen LogP contribution in [0.2, 0.25) is 0 Å². The third-order valence-electron chi connectivity index (χ3n) is 8.40. The summed E-state index contributed by atoms with van der Waals surface area (Å²) in [6, 6.07) is 27.2. The van der Waals surface area contributed by atoms with Crippen molar-refractivity contribution in [1.82, 2.24) is 9.47 Å². The maximum atomic E-state index is 14.6. The maximum Gasteiger partial charge on any atom is 0.410 e. The predicted octanol–water partition coefficient (Wildman–Crippen LogP) is 7.74. The number of carbonyl (C=O) groups excluding carboxylic acids is 2. The molecule has 2 amide bonds. The van der Waals surface area contributed by atoms with Gasteiger partial charge in [0.1, 0.15) is 5.60 Å². The number of aromatic nitrogens is 1. The van der Waals surface area contributed by atoms with Crippen molar-refractivity contribution >= 4 is 28.6 Å². The number of aryl methyl sites for hydroxylation is 1. The standard InChI is InChI=1S/C37H45N3O4/c1-6-40(31-17-16-28-18-21-38(34(28)25-31)20-11-23-43-5)35(41)33-26-39(36(42)44-37(2,3)4)22-19-32(33)30-15-10-14-29(24-30)27-12-8-7-9-13-27/h7-10,12-18,21,24-25,32-33H,6,11,19-20,22-23,26H2,1-5H3/t32-,33+/m1/s1. The highest BCUT2D eigenvalue weighted by molar-refractivity contribution is 5.98. The lowest BCUT2D eigenvalue weighted by atomic mass is 9.79. The summed E-state index contributed by atoms with van der Waals surface area (Å²) in [4.78, 5) is 31.4. The highest BCUT2D eigenvalue weighted by Gasteiger charge is 2.40. The van der Waals surface area contributed by atoms with Crippen LogP contribution in [-0.2, 0) is 20.8 Å². The van der Waals surface area contributed by atoms with Crippen molar-refractivity contribution in [3.8, 4) is 11.1 Å². The Bertz CT molecular complexity index is 1570. The molecule has 1 aliphatic heterocycles. The summed E-state index contributed by atoms with van der Waals surface area (Å²) in [6.45, 7) is 10.5. The average molecular weight is 596 g/mol. The number of amides is 2. The van der Waals surface area contributed by atoms with Gasteiger partial charge in [0.2, 0.25) is 5.91 Å². The lowest BCUT2D eigenvalue weighted by Crippen LogP contribution is -2.50. The molecule has 3 aromatic carbocycles. The van der Waals surface area contributed by atoms with Gasteiger partial charge in [-0.1, -0.05) is 60.7 Å². The van der Waals surface area contributed by atoms with Crippen molar-refractivity contribution in [1.29, 1.82) is 0 Å². The molecule has 5 rings (SSSR count). The zero-order chi connectivity index (χ0) is 31.3. The Kier molecular flexibility index (Phi) is 9.74. The summed E-state index contributed by atoms with van der Waals surface area (Å²) >= 11 is 0. The van der Waals surface area contributed by atoms with Gasteiger partial charge < -0.3 is 23.8 Å². The van der Waals surface area contributed by atoms with Crippen LogP contribution in [-0.4, -0.2) is 60.4 Å². The van der Waals surface area contributed by atoms with Gasteiger partial charge in [0, 0.05) is 51.8 Å². The summed E-state index contributed by atoms with van der Waals surface area (Å²) in [6.07, 6.45) is 3.31. The van der Waals surface area contributed by atoms with Gasteiger partial charge in [0.25, 0.3) is 0 Å². The van der Waals surface area contributed by atoms with Crippen LogP contribution in [0.3, 0.4) is 0 Å². The first-order chi connectivity index (χ1) is 21.2. The molecule has 0 spiro atoms. The number of anilines is 1. The third-order valence-corrected chi connectivity index (χ3v) is 8.40. The first-order valence-corrected chi connectivity index (χ1v) is 15.7. The van der Waals surface area contributed by atoms with Gasteiger partial charge in [-0.3, -0.25) is 4.79 Å². The van der Waals surface area contributed by atoms with Gasteiger partial charge in [-0.05, 0) is 86.7 Å². The van der Waals surface area contributed by atoms with Gasteiger partial charge in [-0.15, -0.1) is 0 Å². The second-order valence-electron chi connectivity index (χ2n) is 12.6. The van der Waals surface area contributed by atoms with Crippen LogP contribution in [0.1, 0.15) is 52.0 Å². The number of hydrogen-bond donors (Lipinski definition) is 0. The number of nitrogens with zero attached hydrogens (tertiary/aromatic N) is 3. The SMILES string of the molecule is CCN(C(=O)[C@H]1CN(C(=O)OC(C)(C)C)CC[C@@H]1c1cccc(-c2ccccc2)c1)c1ccc2ccn(CCCOC)c2c1. The quantitative estimate of drug-likeness (QED) is 0.186. The van der Waals surface area contributed by atoms with E-state index in [0.717, 1.165) is 46.2 Å². The fraction of sp³-hybridized carbons (Fsp3) is 0.405. The zero-order valence-corrected chi connectivity index (χ0v) is 26.7. The minimum absolute atomic E-state index is 0.0210. The van der Waals surface area contributed by atoms with Gasteiger partial charge in [0.05, 0.1) is 11.4 Å². The Morgan fingerprint density at radius 2 is 1.73 bits per heavy atom. The van der Waals surface area contributed by atoms with Gasteiger partial charge >= 0.3 is 6.09 Å². The van der Waals surface area contributed by atoms with Crippen molar-refractivity contribution < 1.29 is 19.1 Å².